The van der Waals surface area contributed by atoms with Gasteiger partial charge >= 0.3 is 12.0 Å². The van der Waals surface area contributed by atoms with Gasteiger partial charge in [0.25, 0.3) is 0 Å². The molecule has 0 fully saturated rings. The topological polar surface area (TPSA) is 83.6 Å². The van der Waals surface area contributed by atoms with E-state index in [9.17, 15) is 9.59 Å². The quantitative estimate of drug-likeness (QED) is 0.673. The van der Waals surface area contributed by atoms with E-state index >= 15 is 0 Å². The van der Waals surface area contributed by atoms with Crippen molar-refractivity contribution in [2.45, 2.75) is 26.8 Å². The molecule has 1 unspecified atom stereocenters. The SMILES string of the molecule is CC(CN(C(N)=O)C(C)C)C(=O)O. The van der Waals surface area contributed by atoms with Crippen LogP contribution in [0.2, 0.25) is 0 Å². The standard InChI is InChI=1S/C8H16N2O3/c1-5(2)10(8(9)13)4-6(3)7(11)12/h5-6H,4H2,1-3H3,(H2,9,13)(H,11,12). The molecule has 0 saturated carbocycles. The fourth-order valence-electron chi connectivity index (χ4n) is 0.928. The summed E-state index contributed by atoms with van der Waals surface area (Å²) in [7, 11) is 0. The number of nitrogens with zero attached hydrogens (tertiary/aromatic N) is 1. The molecule has 0 heterocycles. The highest BCUT2D eigenvalue weighted by Gasteiger charge is 2.20. The normalized spacial score (nSPS) is 12.6. The molecule has 0 aliphatic rings. The molecule has 5 nitrogen and oxygen atoms in total. The molecule has 2 amide bonds. The maximum absolute atomic E-state index is 10.9. The van der Waals surface area contributed by atoms with E-state index in [-0.39, 0.29) is 12.6 Å². The molecule has 1 atom stereocenters. The van der Waals surface area contributed by atoms with Crippen LogP contribution in [0.4, 0.5) is 4.79 Å². The van der Waals surface area contributed by atoms with Gasteiger partial charge in [-0.2, -0.15) is 0 Å². The van der Waals surface area contributed by atoms with Crippen molar-refractivity contribution in [3.8, 4) is 0 Å². The number of nitrogens with two attached hydrogens (primary N) is 1. The Bertz CT molecular complexity index is 204. The van der Waals surface area contributed by atoms with Crippen LogP contribution >= 0.6 is 0 Å². The van der Waals surface area contributed by atoms with Crippen molar-refractivity contribution < 1.29 is 14.7 Å². The van der Waals surface area contributed by atoms with Crippen molar-refractivity contribution in [3.63, 3.8) is 0 Å². The van der Waals surface area contributed by atoms with Gasteiger partial charge in [0.15, 0.2) is 0 Å². The summed E-state index contributed by atoms with van der Waals surface area (Å²) in [5, 5.41) is 8.62. The van der Waals surface area contributed by atoms with Crippen molar-refractivity contribution in [3.05, 3.63) is 0 Å². The van der Waals surface area contributed by atoms with E-state index < -0.39 is 17.9 Å². The molecule has 0 aromatic carbocycles. The number of hydrogen-bond acceptors (Lipinski definition) is 2. The Hall–Kier alpha value is -1.26. The summed E-state index contributed by atoms with van der Waals surface area (Å²) >= 11 is 0. The molecule has 0 aliphatic heterocycles. The monoisotopic (exact) mass is 188 g/mol. The predicted molar refractivity (Wildman–Crippen MR) is 48.2 cm³/mol. The molecule has 0 bridgehead atoms. The first-order valence-corrected chi connectivity index (χ1v) is 4.15. The predicted octanol–water partition coefficient (Wildman–Crippen LogP) is 0.496. The highest BCUT2D eigenvalue weighted by molar-refractivity contribution is 5.74. The lowest BCUT2D eigenvalue weighted by Crippen LogP contribution is -2.44. The van der Waals surface area contributed by atoms with Gasteiger partial charge in [-0.15, -0.1) is 0 Å². The van der Waals surface area contributed by atoms with Crippen LogP contribution in [0.1, 0.15) is 20.8 Å². The van der Waals surface area contributed by atoms with Crippen LogP contribution in [-0.2, 0) is 4.79 Å². The lowest BCUT2D eigenvalue weighted by molar-refractivity contribution is -0.141. The van der Waals surface area contributed by atoms with Crippen LogP contribution in [0.15, 0.2) is 0 Å². The number of carbonyl (C=O) groups is 2. The van der Waals surface area contributed by atoms with Crippen LogP contribution in [0, 0.1) is 5.92 Å². The summed E-state index contributed by atoms with van der Waals surface area (Å²) in [5.74, 6) is -1.51. The maximum atomic E-state index is 10.9. The summed E-state index contributed by atoms with van der Waals surface area (Å²) in [5.41, 5.74) is 5.08. The average Bonchev–Trinajstić information content (AvgIpc) is 1.97. The highest BCUT2D eigenvalue weighted by atomic mass is 16.4. The van der Waals surface area contributed by atoms with Gasteiger partial charge in [-0.3, -0.25) is 4.79 Å². The zero-order valence-electron chi connectivity index (χ0n) is 8.15. The third-order valence-electron chi connectivity index (χ3n) is 1.80. The first-order chi connectivity index (χ1) is 5.86. The lowest BCUT2D eigenvalue weighted by atomic mass is 10.1. The molecule has 76 valence electrons. The van der Waals surface area contributed by atoms with Crippen molar-refractivity contribution in [2.75, 3.05) is 6.54 Å². The fourth-order valence-corrected chi connectivity index (χ4v) is 0.928. The Morgan fingerprint density at radius 2 is 1.85 bits per heavy atom. The number of aliphatic carboxylic acids is 1. The zero-order valence-corrected chi connectivity index (χ0v) is 8.15. The molecule has 0 spiro atoms. The van der Waals surface area contributed by atoms with Gasteiger partial charge in [0.1, 0.15) is 0 Å². The second kappa shape index (κ2) is 4.69. The molecule has 0 rings (SSSR count). The summed E-state index contributed by atoms with van der Waals surface area (Å²) < 4.78 is 0. The minimum atomic E-state index is -0.924. The van der Waals surface area contributed by atoms with Crippen molar-refractivity contribution in [1.29, 1.82) is 0 Å². The minimum Gasteiger partial charge on any atom is -0.481 e. The van der Waals surface area contributed by atoms with Gasteiger partial charge in [-0.05, 0) is 13.8 Å². The summed E-state index contributed by atoms with van der Waals surface area (Å²) in [6, 6.07) is -0.651. The van der Waals surface area contributed by atoms with Gasteiger partial charge in [0.05, 0.1) is 5.92 Å². The molecule has 0 saturated heterocycles. The number of amides is 2. The fraction of sp³-hybridized carbons (Fsp3) is 0.750. The van der Waals surface area contributed by atoms with E-state index in [1.54, 1.807) is 20.8 Å². The Morgan fingerprint density at radius 1 is 1.38 bits per heavy atom. The van der Waals surface area contributed by atoms with Crippen LogP contribution in [0.5, 0.6) is 0 Å². The molecule has 0 radical (unpaired) electrons. The van der Waals surface area contributed by atoms with E-state index in [4.69, 9.17) is 10.8 Å². The van der Waals surface area contributed by atoms with Gasteiger partial charge in [0.2, 0.25) is 0 Å². The molecule has 13 heavy (non-hydrogen) atoms. The Morgan fingerprint density at radius 3 is 2.08 bits per heavy atom. The molecular formula is C8H16N2O3. The third-order valence-corrected chi connectivity index (χ3v) is 1.80. The Kier molecular flexibility index (Phi) is 4.23. The molecule has 0 aromatic rings. The van der Waals surface area contributed by atoms with Crippen LogP contribution in [0.3, 0.4) is 0 Å². The number of hydrogen-bond donors (Lipinski definition) is 2. The smallest absolute Gasteiger partial charge is 0.315 e. The van der Waals surface area contributed by atoms with Gasteiger partial charge in [-0.25, -0.2) is 4.79 Å². The summed E-state index contributed by atoms with van der Waals surface area (Å²) in [4.78, 5) is 22.7. The number of carboxylic acids is 1. The van der Waals surface area contributed by atoms with Crippen molar-refractivity contribution >= 4 is 12.0 Å². The number of rotatable bonds is 4. The Balaban J connectivity index is 4.27. The van der Waals surface area contributed by atoms with E-state index in [0.29, 0.717) is 0 Å². The molecular weight excluding hydrogens is 172 g/mol. The van der Waals surface area contributed by atoms with Crippen LogP contribution in [0.25, 0.3) is 0 Å². The van der Waals surface area contributed by atoms with Crippen molar-refractivity contribution in [1.82, 2.24) is 4.90 Å². The van der Waals surface area contributed by atoms with Gasteiger partial charge in [-0.1, -0.05) is 6.92 Å². The maximum Gasteiger partial charge on any atom is 0.315 e. The number of carbonyl (C=O) groups excluding carboxylic acids is 1. The lowest BCUT2D eigenvalue weighted by Gasteiger charge is -2.26. The minimum absolute atomic E-state index is 0.0701. The van der Waals surface area contributed by atoms with Crippen LogP contribution in [-0.4, -0.2) is 34.6 Å². The summed E-state index contributed by atoms with van der Waals surface area (Å²) in [6.07, 6.45) is 0. The van der Waals surface area contributed by atoms with Gasteiger partial charge < -0.3 is 15.7 Å². The first kappa shape index (κ1) is 11.7. The number of carboxylic acid groups (broad SMARTS) is 1. The molecule has 3 N–H and O–H groups in total. The van der Waals surface area contributed by atoms with E-state index in [0.717, 1.165) is 0 Å². The van der Waals surface area contributed by atoms with E-state index in [1.807, 2.05) is 0 Å². The van der Waals surface area contributed by atoms with E-state index in [2.05, 4.69) is 0 Å². The zero-order chi connectivity index (χ0) is 10.6. The second-order valence-corrected chi connectivity index (χ2v) is 3.32. The number of urea groups is 1. The van der Waals surface area contributed by atoms with Gasteiger partial charge in [0, 0.05) is 12.6 Å². The average molecular weight is 188 g/mol. The van der Waals surface area contributed by atoms with E-state index in [1.165, 1.54) is 4.90 Å². The summed E-state index contributed by atoms with van der Waals surface area (Å²) in [6.45, 7) is 5.28. The molecule has 0 aromatic heterocycles. The van der Waals surface area contributed by atoms with Crippen LogP contribution < -0.4 is 5.73 Å². The highest BCUT2D eigenvalue weighted by Crippen LogP contribution is 2.04. The third kappa shape index (κ3) is 3.78. The molecule has 0 aliphatic carbocycles. The van der Waals surface area contributed by atoms with Crippen molar-refractivity contribution in [2.24, 2.45) is 11.7 Å². The second-order valence-electron chi connectivity index (χ2n) is 3.32. The first-order valence-electron chi connectivity index (χ1n) is 4.15. The largest absolute Gasteiger partial charge is 0.481 e. The number of primary amides is 1. The molecule has 5 heteroatoms. The Labute approximate surface area is 77.5 Å².